The lowest BCUT2D eigenvalue weighted by Gasteiger charge is -2.25. The lowest BCUT2D eigenvalue weighted by molar-refractivity contribution is -0.146. The number of aliphatic hydroxyl groups is 1. The Morgan fingerprint density at radius 2 is 1.75 bits per heavy atom. The van der Waals surface area contributed by atoms with E-state index in [0.29, 0.717) is 23.0 Å². The van der Waals surface area contributed by atoms with Crippen LogP contribution in [0, 0.1) is 11.8 Å². The maximum atomic E-state index is 12.9. The standard InChI is InChI=1S/C20H24Cl2N2O4/c21-16-7-6-13(10-17(16)22)11-23(8-3-9-25)18(26)12-24-19(27)14-4-1-2-5-15(14)20(24)28/h6-7,10,14-15,25H,1-5,8-9,11-12H2/t14-,15-/m0/s1. The molecule has 1 aliphatic carbocycles. The van der Waals surface area contributed by atoms with Crippen molar-refractivity contribution in [3.8, 4) is 0 Å². The molecule has 0 aromatic heterocycles. The van der Waals surface area contributed by atoms with E-state index in [2.05, 4.69) is 0 Å². The number of aliphatic hydroxyl groups excluding tert-OH is 1. The molecule has 2 fully saturated rings. The summed E-state index contributed by atoms with van der Waals surface area (Å²) in [6, 6.07) is 5.12. The van der Waals surface area contributed by atoms with Crippen LogP contribution in [0.1, 0.15) is 37.7 Å². The van der Waals surface area contributed by atoms with E-state index in [0.717, 1.165) is 36.1 Å². The first-order chi connectivity index (χ1) is 13.4. The Labute approximate surface area is 174 Å². The molecule has 3 amide bonds. The van der Waals surface area contributed by atoms with Crippen molar-refractivity contribution < 1.29 is 19.5 Å². The van der Waals surface area contributed by atoms with Gasteiger partial charge in [0.05, 0.1) is 21.9 Å². The van der Waals surface area contributed by atoms with Gasteiger partial charge in [0.2, 0.25) is 17.7 Å². The molecule has 0 radical (unpaired) electrons. The normalized spacial score (nSPS) is 21.8. The fourth-order valence-electron chi connectivity index (χ4n) is 4.03. The van der Waals surface area contributed by atoms with Crippen LogP contribution in [0.3, 0.4) is 0 Å². The molecular weight excluding hydrogens is 403 g/mol. The Bertz CT molecular complexity index is 747. The van der Waals surface area contributed by atoms with Gasteiger partial charge in [0.15, 0.2) is 0 Å². The van der Waals surface area contributed by atoms with Crippen LogP contribution in [-0.4, -0.2) is 52.3 Å². The summed E-state index contributed by atoms with van der Waals surface area (Å²) >= 11 is 12.0. The van der Waals surface area contributed by atoms with E-state index in [1.54, 1.807) is 23.1 Å². The minimum Gasteiger partial charge on any atom is -0.396 e. The van der Waals surface area contributed by atoms with Crippen molar-refractivity contribution in [2.45, 2.75) is 38.6 Å². The van der Waals surface area contributed by atoms with E-state index in [9.17, 15) is 14.4 Å². The quantitative estimate of drug-likeness (QED) is 0.679. The Balaban J connectivity index is 1.71. The van der Waals surface area contributed by atoms with Gasteiger partial charge in [0, 0.05) is 19.7 Å². The fourth-order valence-corrected chi connectivity index (χ4v) is 4.35. The highest BCUT2D eigenvalue weighted by Crippen LogP contribution is 2.38. The molecule has 1 N–H and O–H groups in total. The lowest BCUT2D eigenvalue weighted by atomic mass is 9.81. The van der Waals surface area contributed by atoms with E-state index in [1.807, 2.05) is 0 Å². The first kappa shape index (κ1) is 21.1. The zero-order valence-electron chi connectivity index (χ0n) is 15.6. The average molecular weight is 427 g/mol. The van der Waals surface area contributed by atoms with Crippen LogP contribution in [0.5, 0.6) is 0 Å². The second kappa shape index (κ2) is 9.25. The average Bonchev–Trinajstić information content (AvgIpc) is 2.93. The van der Waals surface area contributed by atoms with Gasteiger partial charge in [-0.15, -0.1) is 0 Å². The first-order valence-electron chi connectivity index (χ1n) is 9.60. The van der Waals surface area contributed by atoms with Crippen molar-refractivity contribution in [1.82, 2.24) is 9.80 Å². The van der Waals surface area contributed by atoms with E-state index < -0.39 is 0 Å². The number of likely N-dealkylation sites (tertiary alicyclic amines) is 1. The molecule has 6 nitrogen and oxygen atoms in total. The Kier molecular flexibility index (Phi) is 6.96. The van der Waals surface area contributed by atoms with Gasteiger partial charge in [-0.1, -0.05) is 42.1 Å². The number of carbonyl (C=O) groups is 3. The summed E-state index contributed by atoms with van der Waals surface area (Å²) < 4.78 is 0. The maximum absolute atomic E-state index is 12.9. The monoisotopic (exact) mass is 426 g/mol. The number of rotatable bonds is 7. The second-order valence-electron chi connectivity index (χ2n) is 7.40. The summed E-state index contributed by atoms with van der Waals surface area (Å²) in [4.78, 5) is 40.8. The molecule has 8 heteroatoms. The third-order valence-electron chi connectivity index (χ3n) is 5.52. The number of carbonyl (C=O) groups excluding carboxylic acids is 3. The van der Waals surface area contributed by atoms with E-state index in [-0.39, 0.29) is 49.3 Å². The topological polar surface area (TPSA) is 77.9 Å². The van der Waals surface area contributed by atoms with Gasteiger partial charge < -0.3 is 10.0 Å². The molecule has 1 saturated heterocycles. The molecule has 1 aromatic rings. The van der Waals surface area contributed by atoms with Gasteiger partial charge in [0.25, 0.3) is 0 Å². The van der Waals surface area contributed by atoms with Crippen LogP contribution in [0.2, 0.25) is 10.0 Å². The lowest BCUT2D eigenvalue weighted by Crippen LogP contribution is -2.43. The van der Waals surface area contributed by atoms with Crippen molar-refractivity contribution in [2.75, 3.05) is 19.7 Å². The largest absolute Gasteiger partial charge is 0.396 e. The Hall–Kier alpha value is -1.63. The summed E-state index contributed by atoms with van der Waals surface area (Å²) in [5, 5.41) is 9.97. The van der Waals surface area contributed by atoms with E-state index in [1.165, 1.54) is 0 Å². The molecule has 2 aliphatic rings. The highest BCUT2D eigenvalue weighted by atomic mass is 35.5. The van der Waals surface area contributed by atoms with E-state index >= 15 is 0 Å². The van der Waals surface area contributed by atoms with Gasteiger partial charge in [-0.3, -0.25) is 19.3 Å². The fraction of sp³-hybridized carbons (Fsp3) is 0.550. The molecule has 28 heavy (non-hydrogen) atoms. The highest BCUT2D eigenvalue weighted by molar-refractivity contribution is 6.42. The number of benzene rings is 1. The molecule has 1 heterocycles. The summed E-state index contributed by atoms with van der Waals surface area (Å²) in [6.45, 7) is 0.270. The van der Waals surface area contributed by atoms with Crippen LogP contribution in [-0.2, 0) is 20.9 Å². The molecule has 0 spiro atoms. The third kappa shape index (κ3) is 4.50. The third-order valence-corrected chi connectivity index (χ3v) is 6.26. The zero-order valence-corrected chi connectivity index (χ0v) is 17.1. The maximum Gasteiger partial charge on any atom is 0.243 e. The van der Waals surface area contributed by atoms with Gasteiger partial charge in [-0.2, -0.15) is 0 Å². The van der Waals surface area contributed by atoms with Crippen molar-refractivity contribution in [3.05, 3.63) is 33.8 Å². The predicted octanol–water partition coefficient (Wildman–Crippen LogP) is 2.88. The minimum atomic E-state index is -0.320. The summed E-state index contributed by atoms with van der Waals surface area (Å²) in [6.07, 6.45) is 3.74. The molecule has 1 saturated carbocycles. The van der Waals surface area contributed by atoms with Crippen molar-refractivity contribution >= 4 is 40.9 Å². The summed E-state index contributed by atoms with van der Waals surface area (Å²) in [7, 11) is 0. The number of hydrogen-bond acceptors (Lipinski definition) is 4. The number of nitrogens with zero attached hydrogens (tertiary/aromatic N) is 2. The van der Waals surface area contributed by atoms with Crippen molar-refractivity contribution in [2.24, 2.45) is 11.8 Å². The minimum absolute atomic E-state index is 0.0587. The molecule has 152 valence electrons. The smallest absolute Gasteiger partial charge is 0.243 e. The zero-order chi connectivity index (χ0) is 20.3. The summed E-state index contributed by atoms with van der Waals surface area (Å²) in [5.41, 5.74) is 0.786. The molecule has 1 aliphatic heterocycles. The number of halogens is 2. The van der Waals surface area contributed by atoms with Gasteiger partial charge in [-0.05, 0) is 37.0 Å². The van der Waals surface area contributed by atoms with Crippen molar-refractivity contribution in [1.29, 1.82) is 0 Å². The van der Waals surface area contributed by atoms with E-state index in [4.69, 9.17) is 28.3 Å². The molecule has 1 aromatic carbocycles. The number of fused-ring (bicyclic) bond motifs is 1. The number of imide groups is 1. The summed E-state index contributed by atoms with van der Waals surface area (Å²) in [5.74, 6) is -1.30. The van der Waals surface area contributed by atoms with Crippen LogP contribution >= 0.6 is 23.2 Å². The van der Waals surface area contributed by atoms with Crippen LogP contribution in [0.25, 0.3) is 0 Å². The number of amides is 3. The van der Waals surface area contributed by atoms with Crippen LogP contribution in [0.4, 0.5) is 0 Å². The SMILES string of the molecule is O=C(CN1C(=O)[C@H]2CCCC[C@@H]2C1=O)N(CCCO)Cc1ccc(Cl)c(Cl)c1. The Morgan fingerprint density at radius 3 is 2.32 bits per heavy atom. The van der Waals surface area contributed by atoms with Crippen LogP contribution in [0.15, 0.2) is 18.2 Å². The molecule has 2 atom stereocenters. The molecule has 0 unspecified atom stereocenters. The molecule has 0 bridgehead atoms. The first-order valence-corrected chi connectivity index (χ1v) is 10.4. The van der Waals surface area contributed by atoms with Crippen molar-refractivity contribution in [3.63, 3.8) is 0 Å². The van der Waals surface area contributed by atoms with Gasteiger partial charge in [0.1, 0.15) is 6.54 Å². The predicted molar refractivity (Wildman–Crippen MR) is 106 cm³/mol. The second-order valence-corrected chi connectivity index (χ2v) is 8.22. The number of hydrogen-bond donors (Lipinski definition) is 1. The van der Waals surface area contributed by atoms with Gasteiger partial charge in [-0.25, -0.2) is 0 Å². The Morgan fingerprint density at radius 1 is 1.11 bits per heavy atom. The van der Waals surface area contributed by atoms with Crippen LogP contribution < -0.4 is 0 Å². The molecule has 3 rings (SSSR count). The highest BCUT2D eigenvalue weighted by Gasteiger charge is 2.48. The van der Waals surface area contributed by atoms with Gasteiger partial charge >= 0.3 is 0 Å². The molecular formula is C20H24Cl2N2O4.